The monoisotopic (exact) mass is 648 g/mol. The van der Waals surface area contributed by atoms with Crippen LogP contribution >= 0.6 is 34.5 Å². The topological polar surface area (TPSA) is 76.3 Å². The number of halogens is 2. The van der Waals surface area contributed by atoms with Gasteiger partial charge in [0, 0.05) is 24.0 Å². The van der Waals surface area contributed by atoms with Gasteiger partial charge in [-0.3, -0.25) is 0 Å². The van der Waals surface area contributed by atoms with Crippen molar-refractivity contribution in [1.82, 2.24) is 8.98 Å². The largest absolute Gasteiger partial charge is 0.379 e. The minimum atomic E-state index is -3.60. The fourth-order valence-electron chi connectivity index (χ4n) is 4.61. The molecule has 43 heavy (non-hydrogen) atoms. The molecule has 1 aliphatic rings. The van der Waals surface area contributed by atoms with E-state index in [2.05, 4.69) is 36.4 Å². The Morgan fingerprint density at radius 1 is 0.791 bits per heavy atom. The molecule has 0 unspecified atom stereocenters. The molecule has 1 aromatic heterocycles. The maximum atomic E-state index is 13.1. The lowest BCUT2D eigenvalue weighted by atomic mass is 10.0. The van der Waals surface area contributed by atoms with Gasteiger partial charge >= 0.3 is 0 Å². The number of sulfonamides is 1. The number of thiazole rings is 1. The van der Waals surface area contributed by atoms with Gasteiger partial charge < -0.3 is 4.74 Å². The number of ether oxygens (including phenoxy) is 1. The van der Waals surface area contributed by atoms with Gasteiger partial charge in [-0.1, -0.05) is 83.9 Å². The van der Waals surface area contributed by atoms with Crippen molar-refractivity contribution in [3.05, 3.63) is 123 Å². The summed E-state index contributed by atoms with van der Waals surface area (Å²) in [4.78, 5) is 5.66. The van der Waals surface area contributed by atoms with E-state index in [-0.39, 0.29) is 4.90 Å². The first-order chi connectivity index (χ1) is 20.9. The number of morpholine rings is 1. The summed E-state index contributed by atoms with van der Waals surface area (Å²) in [6.07, 6.45) is 1.70. The van der Waals surface area contributed by atoms with Crippen LogP contribution in [0.4, 0.5) is 5.69 Å². The van der Waals surface area contributed by atoms with Gasteiger partial charge in [0.05, 0.1) is 45.8 Å². The molecule has 1 fully saturated rings. The van der Waals surface area contributed by atoms with E-state index in [4.69, 9.17) is 38.0 Å². The van der Waals surface area contributed by atoms with Crippen LogP contribution in [0.2, 0.25) is 10.0 Å². The quantitative estimate of drug-likeness (QED) is 0.173. The van der Waals surface area contributed by atoms with Crippen LogP contribution in [0.3, 0.4) is 0 Å². The number of nitrogens with zero attached hydrogens (tertiary/aromatic N) is 4. The van der Waals surface area contributed by atoms with E-state index in [9.17, 15) is 8.42 Å². The smallest absolute Gasteiger partial charge is 0.243 e. The van der Waals surface area contributed by atoms with E-state index >= 15 is 0 Å². The van der Waals surface area contributed by atoms with Crippen LogP contribution in [0, 0.1) is 0 Å². The number of aromatic nitrogens is 1. The molecule has 0 bridgehead atoms. The van der Waals surface area contributed by atoms with Crippen molar-refractivity contribution in [2.45, 2.75) is 4.90 Å². The number of hydrogen-bond acceptors (Lipinski definition) is 6. The van der Waals surface area contributed by atoms with E-state index in [1.807, 2.05) is 29.6 Å². The maximum Gasteiger partial charge on any atom is 0.243 e. The van der Waals surface area contributed by atoms with Crippen LogP contribution in [0.1, 0.15) is 5.56 Å². The van der Waals surface area contributed by atoms with Crippen LogP contribution < -0.4 is 4.80 Å². The standard InChI is InChI=1S/C32H26Cl2N4O3S2/c33-29-15-6-23(20-30(29)34)21-35-38-31(26-9-7-25(8-10-26)24-4-2-1-3-5-24)22-42-32(38)36-27-11-13-28(14-12-27)43(39,40)37-16-18-41-19-17-37/h1-15,20-22H,16-19H2/b35-21+,36-32?. The second-order valence-corrected chi connectivity index (χ2v) is 13.3. The number of rotatable bonds is 7. The Labute approximate surface area is 264 Å². The summed E-state index contributed by atoms with van der Waals surface area (Å²) < 4.78 is 34.6. The lowest BCUT2D eigenvalue weighted by molar-refractivity contribution is 0.0730. The van der Waals surface area contributed by atoms with Gasteiger partial charge in [0.2, 0.25) is 14.8 Å². The molecule has 0 spiro atoms. The molecule has 0 N–H and O–H groups in total. The first-order valence-electron chi connectivity index (χ1n) is 13.5. The van der Waals surface area contributed by atoms with Crippen LogP contribution in [-0.4, -0.2) is 49.9 Å². The third-order valence-corrected chi connectivity index (χ3v) is 10.4. The summed E-state index contributed by atoms with van der Waals surface area (Å²) in [5.41, 5.74) is 5.46. The van der Waals surface area contributed by atoms with Gasteiger partial charge in [-0.25, -0.2) is 18.1 Å². The zero-order chi connectivity index (χ0) is 29.8. The third kappa shape index (κ3) is 6.67. The van der Waals surface area contributed by atoms with Gasteiger partial charge in [-0.05, 0) is 53.1 Å². The summed E-state index contributed by atoms with van der Waals surface area (Å²) in [6.45, 7) is 1.47. The van der Waals surface area contributed by atoms with Gasteiger partial charge in [0.1, 0.15) is 0 Å². The van der Waals surface area contributed by atoms with Crippen molar-refractivity contribution in [2.75, 3.05) is 26.3 Å². The van der Waals surface area contributed by atoms with Crippen molar-refractivity contribution in [1.29, 1.82) is 0 Å². The molecule has 11 heteroatoms. The molecule has 4 aromatic carbocycles. The summed E-state index contributed by atoms with van der Waals surface area (Å²) in [5.74, 6) is 0. The molecule has 0 aliphatic carbocycles. The highest BCUT2D eigenvalue weighted by Gasteiger charge is 2.26. The highest BCUT2D eigenvalue weighted by Crippen LogP contribution is 2.27. The Kier molecular flexibility index (Phi) is 8.90. The highest BCUT2D eigenvalue weighted by atomic mass is 35.5. The maximum absolute atomic E-state index is 13.1. The Bertz CT molecular complexity index is 1930. The summed E-state index contributed by atoms with van der Waals surface area (Å²) in [7, 11) is -3.60. The second-order valence-electron chi connectivity index (χ2n) is 9.70. The molecule has 1 aliphatic heterocycles. The molecule has 0 amide bonds. The first kappa shape index (κ1) is 29.5. The van der Waals surface area contributed by atoms with Gasteiger partial charge in [0.15, 0.2) is 0 Å². The lowest BCUT2D eigenvalue weighted by Gasteiger charge is -2.26. The molecule has 0 radical (unpaired) electrons. The molecular weight excluding hydrogens is 623 g/mol. The summed E-state index contributed by atoms with van der Waals surface area (Å²) in [6, 6.07) is 30.4. The highest BCUT2D eigenvalue weighted by molar-refractivity contribution is 7.89. The SMILES string of the molecule is O=S(=O)(c1ccc(N=c2scc(-c3ccc(-c4ccccc4)cc3)n2/N=C/c2ccc(Cl)c(Cl)c2)cc1)N1CCOCC1. The van der Waals surface area contributed by atoms with Crippen molar-refractivity contribution in [2.24, 2.45) is 10.1 Å². The Morgan fingerprint density at radius 3 is 2.16 bits per heavy atom. The molecule has 218 valence electrons. The Morgan fingerprint density at radius 2 is 1.47 bits per heavy atom. The normalized spacial score (nSPS) is 14.9. The van der Waals surface area contributed by atoms with E-state index < -0.39 is 10.0 Å². The molecule has 5 aromatic rings. The number of hydrogen-bond donors (Lipinski definition) is 0. The van der Waals surface area contributed by atoms with E-state index in [1.165, 1.54) is 15.6 Å². The zero-order valence-electron chi connectivity index (χ0n) is 22.8. The Balaban J connectivity index is 1.37. The van der Waals surface area contributed by atoms with Crippen LogP contribution in [0.5, 0.6) is 0 Å². The van der Waals surface area contributed by atoms with E-state index in [0.717, 1.165) is 27.9 Å². The van der Waals surface area contributed by atoms with Gasteiger partial charge in [0.25, 0.3) is 0 Å². The fraction of sp³-hybridized carbons (Fsp3) is 0.125. The third-order valence-electron chi connectivity index (χ3n) is 6.91. The summed E-state index contributed by atoms with van der Waals surface area (Å²) in [5, 5.41) is 7.68. The fourth-order valence-corrected chi connectivity index (χ4v) is 7.18. The molecule has 0 atom stereocenters. The zero-order valence-corrected chi connectivity index (χ0v) is 26.0. The minimum Gasteiger partial charge on any atom is -0.379 e. The lowest BCUT2D eigenvalue weighted by Crippen LogP contribution is -2.40. The predicted octanol–water partition coefficient (Wildman–Crippen LogP) is 7.33. The Hall–Kier alpha value is -3.57. The van der Waals surface area contributed by atoms with Crippen LogP contribution in [-0.2, 0) is 14.8 Å². The van der Waals surface area contributed by atoms with Crippen molar-refractivity contribution < 1.29 is 13.2 Å². The van der Waals surface area contributed by atoms with E-state index in [0.29, 0.717) is 46.8 Å². The second kappa shape index (κ2) is 13.0. The molecule has 1 saturated heterocycles. The number of benzene rings is 4. The molecular formula is C32H26Cl2N4O3S2. The molecule has 0 saturated carbocycles. The minimum absolute atomic E-state index is 0.226. The molecule has 7 nitrogen and oxygen atoms in total. The van der Waals surface area contributed by atoms with Crippen molar-refractivity contribution in [3.8, 4) is 22.4 Å². The predicted molar refractivity (Wildman–Crippen MR) is 174 cm³/mol. The summed E-state index contributed by atoms with van der Waals surface area (Å²) >= 11 is 13.8. The average molecular weight is 650 g/mol. The van der Waals surface area contributed by atoms with Crippen LogP contribution in [0.15, 0.2) is 117 Å². The first-order valence-corrected chi connectivity index (χ1v) is 16.5. The molecule has 6 rings (SSSR count). The average Bonchev–Trinajstić information content (AvgIpc) is 3.44. The molecule has 2 heterocycles. The van der Waals surface area contributed by atoms with Gasteiger partial charge in [-0.15, -0.1) is 11.3 Å². The van der Waals surface area contributed by atoms with Gasteiger partial charge in [-0.2, -0.15) is 9.41 Å². The van der Waals surface area contributed by atoms with Crippen molar-refractivity contribution in [3.63, 3.8) is 0 Å². The van der Waals surface area contributed by atoms with Crippen LogP contribution in [0.25, 0.3) is 22.4 Å². The van der Waals surface area contributed by atoms with E-state index in [1.54, 1.807) is 47.3 Å². The van der Waals surface area contributed by atoms with Crippen molar-refractivity contribution >= 4 is 56.5 Å².